The molecule has 0 bridgehead atoms. The molecule has 1 saturated heterocycles. The highest BCUT2D eigenvalue weighted by atomic mass is 35.5. The first-order chi connectivity index (χ1) is 12.0. The Morgan fingerprint density at radius 3 is 2.62 bits per heavy atom. The molecule has 2 rings (SSSR count). The fraction of sp³-hybridized carbons (Fsp3) is 0.556. The van der Waals surface area contributed by atoms with Gasteiger partial charge in [-0.2, -0.15) is 0 Å². The molecular formula is C18H29ClN4O3. The van der Waals surface area contributed by atoms with Crippen LogP contribution in [-0.2, 0) is 9.53 Å². The molecule has 0 radical (unpaired) electrons. The molecule has 0 spiro atoms. The van der Waals surface area contributed by atoms with Gasteiger partial charge < -0.3 is 26.0 Å². The second-order valence-electron chi connectivity index (χ2n) is 6.64. The number of urea groups is 1. The van der Waals surface area contributed by atoms with Crippen LogP contribution in [0.5, 0.6) is 0 Å². The number of ether oxygens (including phenoxy) is 1. The molecule has 0 unspecified atom stereocenters. The second-order valence-corrected chi connectivity index (χ2v) is 6.64. The van der Waals surface area contributed by atoms with E-state index in [9.17, 15) is 9.59 Å². The van der Waals surface area contributed by atoms with Crippen LogP contribution in [0.2, 0.25) is 0 Å². The summed E-state index contributed by atoms with van der Waals surface area (Å²) < 4.78 is 5.33. The van der Waals surface area contributed by atoms with Crippen LogP contribution in [0.15, 0.2) is 24.3 Å². The Morgan fingerprint density at radius 1 is 1.23 bits per heavy atom. The molecule has 146 valence electrons. The molecule has 7 nitrogen and oxygen atoms in total. The van der Waals surface area contributed by atoms with Gasteiger partial charge in [0, 0.05) is 24.8 Å². The molecular weight excluding hydrogens is 356 g/mol. The summed E-state index contributed by atoms with van der Waals surface area (Å²) in [5.74, 6) is -0.201. The highest BCUT2D eigenvalue weighted by molar-refractivity contribution is 5.92. The first kappa shape index (κ1) is 22.2. The Bertz CT molecular complexity index is 586. The third-order valence-electron chi connectivity index (χ3n) is 4.46. The number of piperidine rings is 1. The van der Waals surface area contributed by atoms with Gasteiger partial charge in [0.05, 0.1) is 13.2 Å². The number of benzene rings is 1. The van der Waals surface area contributed by atoms with E-state index in [0.717, 1.165) is 31.5 Å². The number of nitrogens with one attached hydrogen (secondary N) is 4. The smallest absolute Gasteiger partial charge is 0.319 e. The molecule has 26 heavy (non-hydrogen) atoms. The maximum absolute atomic E-state index is 12.0. The molecule has 1 aromatic carbocycles. The third kappa shape index (κ3) is 7.19. The van der Waals surface area contributed by atoms with Crippen LogP contribution in [0.1, 0.15) is 18.4 Å². The lowest BCUT2D eigenvalue weighted by Gasteiger charge is -2.37. The predicted octanol–water partition coefficient (Wildman–Crippen LogP) is 1.67. The van der Waals surface area contributed by atoms with Gasteiger partial charge in [-0.15, -0.1) is 12.4 Å². The van der Waals surface area contributed by atoms with Crippen molar-refractivity contribution in [1.82, 2.24) is 16.0 Å². The van der Waals surface area contributed by atoms with Crippen LogP contribution < -0.4 is 21.3 Å². The fourth-order valence-electron chi connectivity index (χ4n) is 3.04. The number of hydrogen-bond acceptors (Lipinski definition) is 4. The van der Waals surface area contributed by atoms with Crippen LogP contribution in [0, 0.1) is 12.3 Å². The average Bonchev–Trinajstić information content (AvgIpc) is 2.59. The molecule has 4 N–H and O–H groups in total. The van der Waals surface area contributed by atoms with E-state index < -0.39 is 6.03 Å². The standard InChI is InChI=1S/C18H28N4O3.ClH/c1-14-4-3-5-15(10-14)22-17(24)20-11-16(23)21-12-18(13-25-2)6-8-19-9-7-18;/h3-5,10,19H,6-9,11-13H2,1-2H3,(H,21,23)(H2,20,22,24);1H. The number of carbonyl (C=O) groups excluding carboxylic acids is 2. The van der Waals surface area contributed by atoms with Crippen LogP contribution in [0.4, 0.5) is 10.5 Å². The Balaban J connectivity index is 0.00000338. The molecule has 8 heteroatoms. The van der Waals surface area contributed by atoms with Gasteiger partial charge in [-0.1, -0.05) is 12.1 Å². The average molecular weight is 385 g/mol. The monoisotopic (exact) mass is 384 g/mol. The highest BCUT2D eigenvalue weighted by Gasteiger charge is 2.32. The minimum atomic E-state index is -0.394. The minimum Gasteiger partial charge on any atom is -0.384 e. The van der Waals surface area contributed by atoms with E-state index in [1.807, 2.05) is 25.1 Å². The van der Waals surface area contributed by atoms with Gasteiger partial charge in [0.25, 0.3) is 0 Å². The summed E-state index contributed by atoms with van der Waals surface area (Å²) in [6.07, 6.45) is 1.92. The number of rotatable bonds is 7. The summed E-state index contributed by atoms with van der Waals surface area (Å²) in [4.78, 5) is 23.9. The van der Waals surface area contributed by atoms with Gasteiger partial charge in [0.15, 0.2) is 0 Å². The number of methoxy groups -OCH3 is 1. The molecule has 0 saturated carbocycles. The summed E-state index contributed by atoms with van der Waals surface area (Å²) in [6, 6.07) is 7.09. The van der Waals surface area contributed by atoms with Crippen molar-refractivity contribution in [1.29, 1.82) is 0 Å². The Labute approximate surface area is 161 Å². The Morgan fingerprint density at radius 2 is 1.96 bits per heavy atom. The summed E-state index contributed by atoms with van der Waals surface area (Å²) in [5.41, 5.74) is 1.73. The summed E-state index contributed by atoms with van der Waals surface area (Å²) in [7, 11) is 1.68. The number of anilines is 1. The van der Waals surface area contributed by atoms with Gasteiger partial charge in [-0.25, -0.2) is 4.79 Å². The van der Waals surface area contributed by atoms with E-state index in [1.165, 1.54) is 0 Å². The lowest BCUT2D eigenvalue weighted by Crippen LogP contribution is -2.49. The van der Waals surface area contributed by atoms with Crippen molar-refractivity contribution in [2.45, 2.75) is 19.8 Å². The fourth-order valence-corrected chi connectivity index (χ4v) is 3.04. The van der Waals surface area contributed by atoms with Crippen molar-refractivity contribution in [3.8, 4) is 0 Å². The molecule has 0 aromatic heterocycles. The topological polar surface area (TPSA) is 91.5 Å². The number of amides is 3. The van der Waals surface area contributed by atoms with E-state index in [-0.39, 0.29) is 30.3 Å². The van der Waals surface area contributed by atoms with Gasteiger partial charge in [0.1, 0.15) is 0 Å². The largest absolute Gasteiger partial charge is 0.384 e. The highest BCUT2D eigenvalue weighted by Crippen LogP contribution is 2.28. The van der Waals surface area contributed by atoms with Gasteiger partial charge in [-0.3, -0.25) is 4.79 Å². The summed E-state index contributed by atoms with van der Waals surface area (Å²) >= 11 is 0. The first-order valence-corrected chi connectivity index (χ1v) is 8.61. The zero-order valence-electron chi connectivity index (χ0n) is 15.4. The van der Waals surface area contributed by atoms with Gasteiger partial charge in [0.2, 0.25) is 5.91 Å². The molecule has 1 aliphatic heterocycles. The lowest BCUT2D eigenvalue weighted by molar-refractivity contribution is -0.121. The Hall–Kier alpha value is -1.83. The van der Waals surface area contributed by atoms with E-state index in [0.29, 0.717) is 18.8 Å². The minimum absolute atomic E-state index is 0. The molecule has 1 aliphatic rings. The molecule has 1 aromatic rings. The van der Waals surface area contributed by atoms with Gasteiger partial charge >= 0.3 is 6.03 Å². The van der Waals surface area contributed by atoms with Gasteiger partial charge in [-0.05, 0) is 50.6 Å². The van der Waals surface area contributed by atoms with Crippen molar-refractivity contribution in [3.05, 3.63) is 29.8 Å². The van der Waals surface area contributed by atoms with Crippen LogP contribution in [0.25, 0.3) is 0 Å². The SMILES string of the molecule is COCC1(CNC(=O)CNC(=O)Nc2cccc(C)c2)CCNCC1.Cl. The molecule has 3 amide bonds. The normalized spacial score (nSPS) is 15.5. The zero-order valence-corrected chi connectivity index (χ0v) is 16.2. The van der Waals surface area contributed by atoms with Crippen molar-refractivity contribution in [2.24, 2.45) is 5.41 Å². The predicted molar refractivity (Wildman–Crippen MR) is 105 cm³/mol. The van der Waals surface area contributed by atoms with Crippen molar-refractivity contribution in [2.75, 3.05) is 45.2 Å². The molecule has 0 aliphatic carbocycles. The van der Waals surface area contributed by atoms with Crippen LogP contribution >= 0.6 is 12.4 Å². The van der Waals surface area contributed by atoms with Crippen molar-refractivity contribution < 1.29 is 14.3 Å². The van der Waals surface area contributed by atoms with Crippen molar-refractivity contribution >= 4 is 30.0 Å². The van der Waals surface area contributed by atoms with E-state index in [1.54, 1.807) is 13.2 Å². The number of aryl methyl sites for hydroxylation is 1. The molecule has 0 atom stereocenters. The number of halogens is 1. The number of hydrogen-bond donors (Lipinski definition) is 4. The number of carbonyl (C=O) groups is 2. The van der Waals surface area contributed by atoms with Crippen LogP contribution in [-0.4, -0.2) is 51.8 Å². The summed E-state index contributed by atoms with van der Waals surface area (Å²) in [6.45, 7) is 4.93. The summed E-state index contributed by atoms with van der Waals surface area (Å²) in [5, 5.41) is 11.5. The first-order valence-electron chi connectivity index (χ1n) is 8.61. The lowest BCUT2D eigenvalue weighted by atomic mass is 9.79. The van der Waals surface area contributed by atoms with E-state index in [4.69, 9.17) is 4.74 Å². The van der Waals surface area contributed by atoms with Crippen molar-refractivity contribution in [3.63, 3.8) is 0 Å². The zero-order chi connectivity index (χ0) is 18.1. The third-order valence-corrected chi connectivity index (χ3v) is 4.46. The van der Waals surface area contributed by atoms with E-state index >= 15 is 0 Å². The molecule has 1 fully saturated rings. The Kier molecular flexibility index (Phi) is 9.40. The van der Waals surface area contributed by atoms with Crippen LogP contribution in [0.3, 0.4) is 0 Å². The quantitative estimate of drug-likeness (QED) is 0.575. The second kappa shape index (κ2) is 11.0. The maximum atomic E-state index is 12.0. The molecule has 1 heterocycles. The van der Waals surface area contributed by atoms with E-state index in [2.05, 4.69) is 21.3 Å². The maximum Gasteiger partial charge on any atom is 0.319 e.